The Morgan fingerprint density at radius 3 is 2.73 bits per heavy atom. The highest BCUT2D eigenvalue weighted by molar-refractivity contribution is 7.14. The minimum absolute atomic E-state index is 0.501. The van der Waals surface area contributed by atoms with Gasteiger partial charge in [0.1, 0.15) is 4.88 Å². The summed E-state index contributed by atoms with van der Waals surface area (Å²) < 4.78 is 0. The molecule has 82 valence electrons. The third-order valence-electron chi connectivity index (χ3n) is 3.25. The summed E-state index contributed by atoms with van der Waals surface area (Å²) in [5.41, 5.74) is 1.28. The molecule has 15 heavy (non-hydrogen) atoms. The van der Waals surface area contributed by atoms with Crippen molar-refractivity contribution in [3.8, 4) is 0 Å². The smallest absolute Gasteiger partial charge is 0.345 e. The van der Waals surface area contributed by atoms with Crippen molar-refractivity contribution in [3.63, 3.8) is 0 Å². The van der Waals surface area contributed by atoms with Gasteiger partial charge in [0.25, 0.3) is 0 Å². The summed E-state index contributed by atoms with van der Waals surface area (Å²) in [6.45, 7) is 4.41. The Morgan fingerprint density at radius 2 is 2.07 bits per heavy atom. The zero-order valence-electron chi connectivity index (χ0n) is 9.12. The molecule has 0 saturated carbocycles. The van der Waals surface area contributed by atoms with Crippen molar-refractivity contribution < 1.29 is 9.90 Å². The van der Waals surface area contributed by atoms with E-state index >= 15 is 0 Å². The van der Waals surface area contributed by atoms with Gasteiger partial charge in [-0.2, -0.15) is 0 Å². The molecule has 1 N–H and O–H groups in total. The van der Waals surface area contributed by atoms with Crippen LogP contribution in [0.2, 0.25) is 0 Å². The van der Waals surface area contributed by atoms with E-state index in [4.69, 9.17) is 5.11 Å². The molecule has 1 aliphatic rings. The lowest BCUT2D eigenvalue weighted by Crippen LogP contribution is -1.93. The summed E-state index contributed by atoms with van der Waals surface area (Å²) in [5.74, 6) is 0.268. The average molecular weight is 224 g/mol. The van der Waals surface area contributed by atoms with Crippen molar-refractivity contribution in [2.75, 3.05) is 0 Å². The number of carbonyl (C=O) groups is 1. The van der Waals surface area contributed by atoms with Crippen LogP contribution in [0.3, 0.4) is 0 Å². The maximum atomic E-state index is 10.9. The summed E-state index contributed by atoms with van der Waals surface area (Å²) in [6, 6.07) is 1.88. The zero-order valence-corrected chi connectivity index (χ0v) is 9.93. The minimum Gasteiger partial charge on any atom is -0.477 e. The minimum atomic E-state index is -0.785. The predicted molar refractivity (Wildman–Crippen MR) is 62.0 cm³/mol. The second kappa shape index (κ2) is 3.97. The van der Waals surface area contributed by atoms with Crippen LogP contribution in [0, 0.1) is 0 Å². The lowest BCUT2D eigenvalue weighted by Gasteiger charge is -2.08. The molecule has 0 fully saturated rings. The number of fused-ring (bicyclic) bond motifs is 1. The maximum Gasteiger partial charge on any atom is 0.345 e. The third kappa shape index (κ3) is 1.93. The number of thiophene rings is 1. The number of hydrogen-bond acceptors (Lipinski definition) is 2. The molecule has 2 rings (SSSR count). The van der Waals surface area contributed by atoms with Gasteiger partial charge < -0.3 is 5.11 Å². The van der Waals surface area contributed by atoms with Gasteiger partial charge in [-0.15, -0.1) is 11.3 Å². The van der Waals surface area contributed by atoms with Crippen LogP contribution >= 0.6 is 11.3 Å². The summed E-state index contributed by atoms with van der Waals surface area (Å²) in [7, 11) is 0. The van der Waals surface area contributed by atoms with Crippen LogP contribution in [0.1, 0.15) is 65.1 Å². The number of rotatable bonds is 1. The van der Waals surface area contributed by atoms with Gasteiger partial charge in [-0.3, -0.25) is 0 Å². The first-order chi connectivity index (χ1) is 7.09. The van der Waals surface area contributed by atoms with Crippen LogP contribution in [0.4, 0.5) is 0 Å². The largest absolute Gasteiger partial charge is 0.477 e. The number of hydrogen-bond donors (Lipinski definition) is 1. The highest BCUT2D eigenvalue weighted by atomic mass is 32.1. The average Bonchev–Trinajstić information content (AvgIpc) is 2.57. The van der Waals surface area contributed by atoms with Crippen molar-refractivity contribution in [3.05, 3.63) is 21.4 Å². The second-order valence-corrected chi connectivity index (χ2v) is 5.55. The topological polar surface area (TPSA) is 37.3 Å². The predicted octanol–water partition coefficient (Wildman–Crippen LogP) is 3.84. The van der Waals surface area contributed by atoms with Gasteiger partial charge in [0.05, 0.1) is 0 Å². The van der Waals surface area contributed by atoms with Gasteiger partial charge in [0.15, 0.2) is 0 Å². The van der Waals surface area contributed by atoms with Gasteiger partial charge in [-0.25, -0.2) is 4.79 Å². The highest BCUT2D eigenvalue weighted by Gasteiger charge is 2.24. The fourth-order valence-electron chi connectivity index (χ4n) is 2.31. The van der Waals surface area contributed by atoms with Gasteiger partial charge in [0, 0.05) is 4.88 Å². The van der Waals surface area contributed by atoms with Crippen molar-refractivity contribution in [1.29, 1.82) is 0 Å². The van der Waals surface area contributed by atoms with Gasteiger partial charge >= 0.3 is 5.97 Å². The van der Waals surface area contributed by atoms with Crippen LogP contribution in [0.15, 0.2) is 6.07 Å². The van der Waals surface area contributed by atoms with Crippen LogP contribution in [0.25, 0.3) is 0 Å². The lowest BCUT2D eigenvalue weighted by atomic mass is 9.98. The molecule has 0 unspecified atom stereocenters. The number of carboxylic acid groups (broad SMARTS) is 1. The van der Waals surface area contributed by atoms with E-state index in [-0.39, 0.29) is 0 Å². The molecule has 0 spiro atoms. The van der Waals surface area contributed by atoms with E-state index in [9.17, 15) is 4.79 Å². The second-order valence-electron chi connectivity index (χ2n) is 4.47. The molecular formula is C12H16O2S. The molecule has 2 nitrogen and oxygen atoms in total. The Morgan fingerprint density at radius 1 is 1.40 bits per heavy atom. The summed E-state index contributed by atoms with van der Waals surface area (Å²) in [5, 5.41) is 8.99. The molecule has 3 heteroatoms. The van der Waals surface area contributed by atoms with Crippen molar-refractivity contribution in [2.45, 2.75) is 44.9 Å². The molecule has 0 aliphatic heterocycles. The van der Waals surface area contributed by atoms with Crippen LogP contribution in [-0.2, 0) is 0 Å². The van der Waals surface area contributed by atoms with Gasteiger partial charge in [-0.05, 0) is 36.3 Å². The van der Waals surface area contributed by atoms with E-state index in [1.165, 1.54) is 41.0 Å². The molecule has 0 aromatic carbocycles. The molecule has 0 radical (unpaired) electrons. The number of carboxylic acids is 1. The first kappa shape index (κ1) is 10.7. The normalized spacial score (nSPS) is 25.7. The quantitative estimate of drug-likeness (QED) is 0.736. The Labute approximate surface area is 93.9 Å². The standard InChI is InChI=1S/C12H16O2S/c1-7-4-3-5-8(2)11-9(7)6-10(15-11)12(13)14/h6-8H,3-5H2,1-2H3,(H,13,14)/t7-,8+/m1/s1. The first-order valence-electron chi connectivity index (χ1n) is 5.46. The highest BCUT2D eigenvalue weighted by Crippen LogP contribution is 2.41. The molecule has 1 heterocycles. The molecule has 0 amide bonds. The van der Waals surface area contributed by atoms with Crippen LogP contribution < -0.4 is 0 Å². The van der Waals surface area contributed by atoms with Crippen LogP contribution in [-0.4, -0.2) is 11.1 Å². The SMILES string of the molecule is C[C@@H]1CCC[C@H](C)c2sc(C(=O)O)cc21. The Bertz CT molecular complexity index is 353. The van der Waals surface area contributed by atoms with Crippen molar-refractivity contribution in [1.82, 2.24) is 0 Å². The third-order valence-corrected chi connectivity index (χ3v) is 4.62. The molecule has 1 aromatic rings. The van der Waals surface area contributed by atoms with E-state index in [1.807, 2.05) is 6.07 Å². The molecule has 1 aromatic heterocycles. The maximum absolute atomic E-state index is 10.9. The Hall–Kier alpha value is -0.830. The van der Waals surface area contributed by atoms with Crippen LogP contribution in [0.5, 0.6) is 0 Å². The van der Waals surface area contributed by atoms with E-state index in [0.717, 1.165) is 0 Å². The van der Waals surface area contributed by atoms with Crippen molar-refractivity contribution in [2.24, 2.45) is 0 Å². The number of aromatic carboxylic acids is 1. The molecule has 0 saturated heterocycles. The van der Waals surface area contributed by atoms with E-state index in [2.05, 4.69) is 13.8 Å². The van der Waals surface area contributed by atoms with E-state index in [1.54, 1.807) is 0 Å². The molecule has 2 atom stereocenters. The Kier molecular flexibility index (Phi) is 2.83. The molecule has 0 bridgehead atoms. The summed E-state index contributed by atoms with van der Waals surface area (Å²) in [4.78, 5) is 12.7. The summed E-state index contributed by atoms with van der Waals surface area (Å²) >= 11 is 1.47. The fraction of sp³-hybridized carbons (Fsp3) is 0.583. The van der Waals surface area contributed by atoms with Gasteiger partial charge in [-0.1, -0.05) is 20.3 Å². The zero-order chi connectivity index (χ0) is 11.0. The fourth-order valence-corrected chi connectivity index (χ4v) is 3.52. The van der Waals surface area contributed by atoms with E-state index < -0.39 is 5.97 Å². The summed E-state index contributed by atoms with van der Waals surface area (Å²) in [6.07, 6.45) is 3.64. The first-order valence-corrected chi connectivity index (χ1v) is 6.28. The molecular weight excluding hydrogens is 208 g/mol. The monoisotopic (exact) mass is 224 g/mol. The Balaban J connectivity index is 2.45. The van der Waals surface area contributed by atoms with E-state index in [0.29, 0.717) is 16.7 Å². The molecule has 1 aliphatic carbocycles. The van der Waals surface area contributed by atoms with Crippen molar-refractivity contribution >= 4 is 17.3 Å². The van der Waals surface area contributed by atoms with Gasteiger partial charge in [0.2, 0.25) is 0 Å². The lowest BCUT2D eigenvalue weighted by molar-refractivity contribution is 0.0702.